The van der Waals surface area contributed by atoms with Crippen LogP contribution in [0.2, 0.25) is 0 Å². The van der Waals surface area contributed by atoms with E-state index in [-0.39, 0.29) is 25.6 Å². The molecule has 26 heavy (non-hydrogen) atoms. The standard InChI is InChI=1S/C18H22BrNO6/c1-3-23-16(21)18(17(22)24-4-2)11-12-9-10-25-15(12)26-20(18)14-7-5-13(19)6-8-14/h5-8,12,15H,3-4,9-11H2,1-2H3. The number of benzene rings is 1. The van der Waals surface area contributed by atoms with Crippen LogP contribution in [-0.2, 0) is 28.6 Å². The molecule has 2 atom stereocenters. The number of esters is 2. The number of hydrogen-bond donors (Lipinski definition) is 0. The largest absolute Gasteiger partial charge is 0.464 e. The average molecular weight is 428 g/mol. The van der Waals surface area contributed by atoms with Crippen LogP contribution in [0.15, 0.2) is 28.7 Å². The quantitative estimate of drug-likeness (QED) is 0.528. The minimum atomic E-state index is -1.70. The smallest absolute Gasteiger partial charge is 0.346 e. The molecular weight excluding hydrogens is 406 g/mol. The third kappa shape index (κ3) is 3.33. The topological polar surface area (TPSA) is 74.3 Å². The molecule has 2 saturated heterocycles. The zero-order valence-corrected chi connectivity index (χ0v) is 16.4. The van der Waals surface area contributed by atoms with Crippen LogP contribution in [0, 0.1) is 5.92 Å². The lowest BCUT2D eigenvalue weighted by atomic mass is 9.83. The molecule has 0 bridgehead atoms. The van der Waals surface area contributed by atoms with Crippen LogP contribution < -0.4 is 5.06 Å². The SMILES string of the molecule is CCOC(=O)C1(C(=O)OCC)CC2CCOC2ON1c1ccc(Br)cc1. The highest BCUT2D eigenvalue weighted by molar-refractivity contribution is 9.10. The van der Waals surface area contributed by atoms with E-state index in [0.29, 0.717) is 18.7 Å². The number of hydroxylamine groups is 1. The second-order valence-corrected chi connectivity index (χ2v) is 7.09. The number of ether oxygens (including phenoxy) is 3. The number of carbonyl (C=O) groups is 2. The minimum Gasteiger partial charge on any atom is -0.464 e. The molecule has 0 amide bonds. The number of fused-ring (bicyclic) bond motifs is 1. The molecule has 2 heterocycles. The van der Waals surface area contributed by atoms with Gasteiger partial charge in [-0.05, 0) is 44.5 Å². The van der Waals surface area contributed by atoms with Crippen molar-refractivity contribution in [3.63, 3.8) is 0 Å². The van der Waals surface area contributed by atoms with E-state index < -0.39 is 23.8 Å². The second kappa shape index (κ2) is 7.94. The first-order valence-corrected chi connectivity index (χ1v) is 9.50. The number of hydrogen-bond acceptors (Lipinski definition) is 7. The maximum absolute atomic E-state index is 13.0. The third-order valence-corrected chi connectivity index (χ3v) is 5.09. The van der Waals surface area contributed by atoms with Crippen LogP contribution >= 0.6 is 15.9 Å². The van der Waals surface area contributed by atoms with Gasteiger partial charge in [0.2, 0.25) is 0 Å². The lowest BCUT2D eigenvalue weighted by Crippen LogP contribution is -2.66. The van der Waals surface area contributed by atoms with Gasteiger partial charge in [-0.15, -0.1) is 0 Å². The number of anilines is 1. The van der Waals surface area contributed by atoms with E-state index in [1.807, 2.05) is 0 Å². The molecule has 2 fully saturated rings. The number of rotatable bonds is 5. The van der Waals surface area contributed by atoms with E-state index in [0.717, 1.165) is 4.47 Å². The molecule has 0 aromatic heterocycles. The summed E-state index contributed by atoms with van der Waals surface area (Å²) in [7, 11) is 0. The lowest BCUT2D eigenvalue weighted by molar-refractivity contribution is -0.206. The number of nitrogens with zero attached hydrogens (tertiary/aromatic N) is 1. The molecule has 0 radical (unpaired) electrons. The zero-order valence-electron chi connectivity index (χ0n) is 14.8. The Kier molecular flexibility index (Phi) is 5.84. The first-order valence-electron chi connectivity index (χ1n) is 8.71. The van der Waals surface area contributed by atoms with Crippen LogP contribution in [0.25, 0.3) is 0 Å². The molecule has 8 heteroatoms. The minimum absolute atomic E-state index is 0.0875. The molecule has 0 saturated carbocycles. The van der Waals surface area contributed by atoms with E-state index >= 15 is 0 Å². The molecular formula is C18H22BrNO6. The van der Waals surface area contributed by atoms with Gasteiger partial charge >= 0.3 is 11.9 Å². The molecule has 1 aromatic rings. The molecule has 0 spiro atoms. The van der Waals surface area contributed by atoms with Gasteiger partial charge in [-0.2, -0.15) is 0 Å². The Bertz CT molecular complexity index is 646. The summed E-state index contributed by atoms with van der Waals surface area (Å²) in [4.78, 5) is 31.9. The molecule has 3 rings (SSSR count). The van der Waals surface area contributed by atoms with Crippen LogP contribution in [-0.4, -0.2) is 43.6 Å². The summed E-state index contributed by atoms with van der Waals surface area (Å²) in [5.41, 5.74) is -1.16. The highest BCUT2D eigenvalue weighted by Crippen LogP contribution is 2.43. The van der Waals surface area contributed by atoms with Gasteiger partial charge in [-0.3, -0.25) is 0 Å². The van der Waals surface area contributed by atoms with E-state index in [1.54, 1.807) is 38.1 Å². The van der Waals surface area contributed by atoms with Crippen molar-refractivity contribution in [2.24, 2.45) is 5.92 Å². The predicted octanol–water partition coefficient (Wildman–Crippen LogP) is 2.82. The Morgan fingerprint density at radius 2 is 1.81 bits per heavy atom. The second-order valence-electron chi connectivity index (χ2n) is 6.17. The number of halogens is 1. The average Bonchev–Trinajstić information content (AvgIpc) is 3.08. The van der Waals surface area contributed by atoms with Gasteiger partial charge in [-0.25, -0.2) is 19.5 Å². The third-order valence-electron chi connectivity index (χ3n) is 4.56. The van der Waals surface area contributed by atoms with E-state index in [4.69, 9.17) is 19.0 Å². The number of carbonyl (C=O) groups excluding carboxylic acids is 2. The van der Waals surface area contributed by atoms with E-state index in [1.165, 1.54) is 5.06 Å². The van der Waals surface area contributed by atoms with E-state index in [9.17, 15) is 9.59 Å². The first-order chi connectivity index (χ1) is 12.5. The van der Waals surface area contributed by atoms with Crippen molar-refractivity contribution in [3.05, 3.63) is 28.7 Å². The van der Waals surface area contributed by atoms with Gasteiger partial charge in [0.1, 0.15) is 0 Å². The predicted molar refractivity (Wildman–Crippen MR) is 96.2 cm³/mol. The van der Waals surface area contributed by atoms with Gasteiger partial charge in [0, 0.05) is 16.8 Å². The van der Waals surface area contributed by atoms with Gasteiger partial charge in [-0.1, -0.05) is 15.9 Å². The van der Waals surface area contributed by atoms with Crippen molar-refractivity contribution in [1.29, 1.82) is 0 Å². The van der Waals surface area contributed by atoms with Gasteiger partial charge in [0.25, 0.3) is 5.54 Å². The monoisotopic (exact) mass is 427 g/mol. The summed E-state index contributed by atoms with van der Waals surface area (Å²) in [5.74, 6) is -1.44. The first kappa shape index (κ1) is 19.1. The molecule has 0 N–H and O–H groups in total. The summed E-state index contributed by atoms with van der Waals surface area (Å²) in [6.45, 7) is 4.22. The van der Waals surface area contributed by atoms with Crippen molar-refractivity contribution in [1.82, 2.24) is 0 Å². The van der Waals surface area contributed by atoms with Gasteiger partial charge in [0.05, 0.1) is 25.5 Å². The van der Waals surface area contributed by atoms with Crippen molar-refractivity contribution in [3.8, 4) is 0 Å². The van der Waals surface area contributed by atoms with Crippen LogP contribution in [0.1, 0.15) is 26.7 Å². The summed E-state index contributed by atoms with van der Waals surface area (Å²) < 4.78 is 17.0. The maximum Gasteiger partial charge on any atom is 0.346 e. The molecule has 142 valence electrons. The molecule has 7 nitrogen and oxygen atoms in total. The Balaban J connectivity index is 2.08. The van der Waals surface area contributed by atoms with Crippen LogP contribution in [0.4, 0.5) is 5.69 Å². The molecule has 1 aromatic carbocycles. The normalized spacial score (nSPS) is 24.0. The summed E-state index contributed by atoms with van der Waals surface area (Å²) in [6.07, 6.45) is 0.417. The molecule has 0 aliphatic carbocycles. The Labute approximate surface area is 160 Å². The lowest BCUT2D eigenvalue weighted by Gasteiger charge is -2.46. The van der Waals surface area contributed by atoms with Crippen LogP contribution in [0.3, 0.4) is 0 Å². The highest BCUT2D eigenvalue weighted by Gasteiger charge is 2.61. The fourth-order valence-electron chi connectivity index (χ4n) is 3.35. The summed E-state index contributed by atoms with van der Waals surface area (Å²) >= 11 is 3.38. The maximum atomic E-state index is 13.0. The van der Waals surface area contributed by atoms with Crippen molar-refractivity contribution in [2.75, 3.05) is 24.9 Å². The summed E-state index contributed by atoms with van der Waals surface area (Å²) in [6, 6.07) is 7.13. The zero-order chi connectivity index (χ0) is 18.7. The molecule has 2 aliphatic rings. The van der Waals surface area contributed by atoms with Gasteiger partial charge in [0.15, 0.2) is 6.29 Å². The summed E-state index contributed by atoms with van der Waals surface area (Å²) in [5, 5.41) is 1.31. The van der Waals surface area contributed by atoms with E-state index in [2.05, 4.69) is 15.9 Å². The highest BCUT2D eigenvalue weighted by atomic mass is 79.9. The molecule has 2 aliphatic heterocycles. The molecule has 2 unspecified atom stereocenters. The Morgan fingerprint density at radius 3 is 2.38 bits per heavy atom. The van der Waals surface area contributed by atoms with Crippen molar-refractivity contribution in [2.45, 2.75) is 38.5 Å². The van der Waals surface area contributed by atoms with Crippen LogP contribution in [0.5, 0.6) is 0 Å². The Hall–Kier alpha value is -1.64. The fraction of sp³-hybridized carbons (Fsp3) is 0.556. The fourth-order valence-corrected chi connectivity index (χ4v) is 3.62. The Morgan fingerprint density at radius 1 is 1.19 bits per heavy atom. The van der Waals surface area contributed by atoms with Gasteiger partial charge < -0.3 is 14.2 Å². The van der Waals surface area contributed by atoms with Crippen molar-refractivity contribution < 1.29 is 28.6 Å². The van der Waals surface area contributed by atoms with Crippen molar-refractivity contribution >= 4 is 33.6 Å².